The van der Waals surface area contributed by atoms with E-state index in [1.165, 1.54) is 39.8 Å². The second kappa shape index (κ2) is 27.5. The highest BCUT2D eigenvalue weighted by atomic mass is 32.2. The quantitative estimate of drug-likeness (QED) is 0.0339. The molecule has 0 unspecified atom stereocenters. The molecule has 17 heteroatoms. The largest absolute Gasteiger partial charge is 0.530 e. The van der Waals surface area contributed by atoms with Crippen LogP contribution in [0.25, 0.3) is 0 Å². The number of hydrogen-bond acceptors (Lipinski definition) is 15. The smallest absolute Gasteiger partial charge is 0.497 e. The Balaban J connectivity index is 1.60. The van der Waals surface area contributed by atoms with Gasteiger partial charge in [-0.25, -0.2) is 0 Å². The molecule has 0 amide bonds. The summed E-state index contributed by atoms with van der Waals surface area (Å²) >= 11 is 1.42. The maximum absolute atomic E-state index is 13.2. The zero-order chi connectivity index (χ0) is 59.5. The summed E-state index contributed by atoms with van der Waals surface area (Å²) in [5.74, 6) is 4.08. The standard InChI is InChI=1S/C64H80O14P2S/c1-19-71-51-31-25-47(69-17)37-57(51)77-80(78-58-38-48(70-18)26-32-52(58)72-20-2)74-54-30-22-44(64(13,14)40-62(8,9)10)34-60(54)81-59-33-43(63(11,12)39-61(5,6)7)21-29-53(59)73-79(75-55-35-45(67-15)23-27-49(55)41(3)65)76-56-36-46(68-16)24-28-50(56)42(4)66/h21-38H,19-20,39-40H2,1-18H3. The molecule has 0 heterocycles. The Morgan fingerprint density at radius 2 is 0.691 bits per heavy atom. The average Bonchev–Trinajstić information content (AvgIpc) is 3.39. The molecule has 0 fully saturated rings. The third kappa shape index (κ3) is 17.7. The van der Waals surface area contributed by atoms with E-state index in [9.17, 15) is 9.59 Å². The SMILES string of the molecule is CCOc1ccc(OC)cc1OP(Oc1cc(OC)ccc1OCC)Oc1ccc(C(C)(C)CC(C)(C)C)cc1Sc1cc(C(C)(C)CC(C)(C)C)ccc1OP(Oc1cc(OC)ccc1C(C)=O)Oc1cc(OC)ccc1C(C)=O. The lowest BCUT2D eigenvalue weighted by Crippen LogP contribution is -2.25. The maximum Gasteiger partial charge on any atom is 0.530 e. The minimum atomic E-state index is -2.54. The van der Waals surface area contributed by atoms with Gasteiger partial charge in [0.2, 0.25) is 0 Å². The minimum Gasteiger partial charge on any atom is -0.497 e. The van der Waals surface area contributed by atoms with E-state index < -0.39 is 17.2 Å². The van der Waals surface area contributed by atoms with Crippen LogP contribution in [0.2, 0.25) is 0 Å². The summed E-state index contributed by atoms with van der Waals surface area (Å²) in [5.41, 5.74) is 1.95. The van der Waals surface area contributed by atoms with Crippen molar-refractivity contribution in [1.82, 2.24) is 0 Å². The van der Waals surface area contributed by atoms with E-state index in [1.807, 2.05) is 32.0 Å². The molecule has 0 aliphatic rings. The van der Waals surface area contributed by atoms with Gasteiger partial charge < -0.3 is 55.6 Å². The highest BCUT2D eigenvalue weighted by molar-refractivity contribution is 7.99. The van der Waals surface area contributed by atoms with Crippen LogP contribution in [-0.4, -0.2) is 53.2 Å². The van der Waals surface area contributed by atoms with Gasteiger partial charge in [0.05, 0.1) is 62.6 Å². The molecule has 0 saturated carbocycles. The molecule has 0 aliphatic carbocycles. The Labute approximate surface area is 486 Å². The van der Waals surface area contributed by atoms with Crippen LogP contribution in [0.4, 0.5) is 0 Å². The molecule has 436 valence electrons. The Kier molecular flexibility index (Phi) is 21.6. The van der Waals surface area contributed by atoms with Gasteiger partial charge in [-0.1, -0.05) is 93.1 Å². The maximum atomic E-state index is 13.2. The number of carbonyl (C=O) groups is 2. The van der Waals surface area contributed by atoms with Gasteiger partial charge in [0, 0.05) is 24.3 Å². The van der Waals surface area contributed by atoms with Crippen LogP contribution in [-0.2, 0) is 10.8 Å². The predicted molar refractivity (Wildman–Crippen MR) is 323 cm³/mol. The van der Waals surface area contributed by atoms with Crippen LogP contribution >= 0.6 is 29.0 Å². The number of benzene rings is 6. The molecule has 0 aliphatic heterocycles. The van der Waals surface area contributed by atoms with E-state index in [4.69, 9.17) is 55.6 Å². The molecule has 0 aromatic heterocycles. The molecule has 0 saturated heterocycles. The van der Waals surface area contributed by atoms with E-state index in [1.54, 1.807) is 87.0 Å². The predicted octanol–water partition coefficient (Wildman–Crippen LogP) is 18.0. The van der Waals surface area contributed by atoms with Crippen molar-refractivity contribution in [3.63, 3.8) is 0 Å². The summed E-state index contributed by atoms with van der Waals surface area (Å²) in [4.78, 5) is 27.8. The minimum absolute atomic E-state index is 0.0206. The molecule has 0 atom stereocenters. The molecule has 6 aromatic rings. The van der Waals surface area contributed by atoms with Crippen LogP contribution in [0.3, 0.4) is 0 Å². The second-order valence-corrected chi connectivity index (χ2v) is 26.1. The van der Waals surface area contributed by atoms with Gasteiger partial charge in [-0.2, -0.15) is 0 Å². The summed E-state index contributed by atoms with van der Waals surface area (Å²) in [6.45, 7) is 29.8. The van der Waals surface area contributed by atoms with Gasteiger partial charge >= 0.3 is 17.2 Å². The summed E-state index contributed by atoms with van der Waals surface area (Å²) < 4.78 is 75.7. The Bertz CT molecular complexity index is 3000. The number of carbonyl (C=O) groups excluding carboxylic acids is 2. The van der Waals surface area contributed by atoms with Crippen molar-refractivity contribution in [1.29, 1.82) is 0 Å². The highest BCUT2D eigenvalue weighted by Gasteiger charge is 2.34. The fraction of sp³-hybridized carbons (Fsp3) is 0.406. The first-order valence-electron chi connectivity index (χ1n) is 26.8. The lowest BCUT2D eigenvalue weighted by Gasteiger charge is -2.34. The molecular formula is C64H80O14P2S. The monoisotopic (exact) mass is 1170 g/mol. The number of rotatable bonds is 28. The van der Waals surface area contributed by atoms with Gasteiger partial charge in [0.1, 0.15) is 46.0 Å². The van der Waals surface area contributed by atoms with Crippen molar-refractivity contribution in [2.75, 3.05) is 41.7 Å². The van der Waals surface area contributed by atoms with Crippen LogP contribution in [0.1, 0.15) is 142 Å². The second-order valence-electron chi connectivity index (χ2n) is 23.0. The van der Waals surface area contributed by atoms with Crippen molar-refractivity contribution in [3.8, 4) is 69.0 Å². The molecule has 6 aromatic carbocycles. The van der Waals surface area contributed by atoms with Gasteiger partial charge in [-0.15, -0.1) is 0 Å². The zero-order valence-corrected chi connectivity index (χ0v) is 52.8. The Hall–Kier alpha value is -6.53. The molecule has 6 rings (SSSR count). The van der Waals surface area contributed by atoms with Gasteiger partial charge in [-0.05, 0) is 146 Å². The first-order valence-corrected chi connectivity index (χ1v) is 29.8. The van der Waals surface area contributed by atoms with Gasteiger partial charge in [-0.3, -0.25) is 9.59 Å². The summed E-state index contributed by atoms with van der Waals surface area (Å²) in [6, 6.07) is 32.6. The van der Waals surface area contributed by atoms with Gasteiger partial charge in [0.25, 0.3) is 0 Å². The van der Waals surface area contributed by atoms with E-state index in [-0.39, 0.29) is 55.9 Å². The van der Waals surface area contributed by atoms with E-state index in [0.29, 0.717) is 80.5 Å². The normalized spacial score (nSPS) is 11.9. The topological polar surface area (TPSA) is 145 Å². The lowest BCUT2D eigenvalue weighted by molar-refractivity contribution is 0.100. The van der Waals surface area contributed by atoms with Crippen LogP contribution in [0.5, 0.6) is 69.0 Å². The molecule has 81 heavy (non-hydrogen) atoms. The number of ketones is 2. The Morgan fingerprint density at radius 1 is 0.395 bits per heavy atom. The van der Waals surface area contributed by atoms with Crippen LogP contribution in [0, 0.1) is 10.8 Å². The van der Waals surface area contributed by atoms with Crippen LogP contribution < -0.4 is 55.6 Å². The van der Waals surface area contributed by atoms with Crippen molar-refractivity contribution in [2.45, 2.75) is 130 Å². The van der Waals surface area contributed by atoms with Crippen LogP contribution in [0.15, 0.2) is 119 Å². The summed E-state index contributed by atoms with van der Waals surface area (Å²) in [6.07, 6.45) is 1.71. The molecular weight excluding hydrogens is 1090 g/mol. The lowest BCUT2D eigenvalue weighted by atomic mass is 9.72. The third-order valence-electron chi connectivity index (χ3n) is 12.7. The highest BCUT2D eigenvalue weighted by Crippen LogP contribution is 2.55. The van der Waals surface area contributed by atoms with E-state index in [0.717, 1.165) is 24.0 Å². The van der Waals surface area contributed by atoms with Crippen molar-refractivity contribution in [3.05, 3.63) is 131 Å². The molecule has 0 spiro atoms. The first kappa shape index (κ1) is 63.6. The zero-order valence-electron chi connectivity index (χ0n) is 50.2. The molecule has 14 nitrogen and oxygen atoms in total. The van der Waals surface area contributed by atoms with E-state index >= 15 is 0 Å². The summed E-state index contributed by atoms with van der Waals surface area (Å²) in [7, 11) is 1.27. The number of methoxy groups -OCH3 is 4. The average molecular weight is 1170 g/mol. The molecule has 0 radical (unpaired) electrons. The van der Waals surface area contributed by atoms with Crippen molar-refractivity contribution in [2.24, 2.45) is 10.8 Å². The number of Topliss-reactive ketones (excluding diaryl/α,β-unsaturated/α-hetero) is 2. The third-order valence-corrected chi connectivity index (χ3v) is 15.8. The fourth-order valence-corrected chi connectivity index (χ4v) is 12.9. The van der Waals surface area contributed by atoms with E-state index in [2.05, 4.69) is 87.4 Å². The summed E-state index contributed by atoms with van der Waals surface area (Å²) in [5, 5.41) is 0. The van der Waals surface area contributed by atoms with Gasteiger partial charge in [0.15, 0.2) is 34.6 Å². The van der Waals surface area contributed by atoms with Crippen molar-refractivity contribution < 1.29 is 65.2 Å². The fourth-order valence-electron chi connectivity index (χ4n) is 9.65. The number of hydrogen-bond donors (Lipinski definition) is 0. The Morgan fingerprint density at radius 3 is 1.00 bits per heavy atom. The molecule has 0 N–H and O–H groups in total. The molecule has 0 bridgehead atoms. The first-order chi connectivity index (χ1) is 38.2. The number of ether oxygens (including phenoxy) is 6. The van der Waals surface area contributed by atoms with Crippen molar-refractivity contribution >= 4 is 40.5 Å².